The first-order valence-corrected chi connectivity index (χ1v) is 6.56. The van der Waals surface area contributed by atoms with Crippen LogP contribution in [0.3, 0.4) is 0 Å². The van der Waals surface area contributed by atoms with E-state index in [4.69, 9.17) is 4.74 Å². The second-order valence-corrected chi connectivity index (χ2v) is 5.41. The smallest absolute Gasteiger partial charge is 0.0667 e. The first-order valence-electron chi connectivity index (χ1n) is 6.56. The summed E-state index contributed by atoms with van der Waals surface area (Å²) in [6.45, 7) is 5.01. The summed E-state index contributed by atoms with van der Waals surface area (Å²) in [6, 6.07) is 0.528. The van der Waals surface area contributed by atoms with Gasteiger partial charge in [-0.15, -0.1) is 0 Å². The van der Waals surface area contributed by atoms with E-state index in [-0.39, 0.29) is 6.10 Å². The molecule has 0 aliphatic heterocycles. The molecular formula is C13H27NO2. The van der Waals surface area contributed by atoms with Crippen molar-refractivity contribution >= 4 is 0 Å². The molecule has 1 aliphatic rings. The third kappa shape index (κ3) is 5.28. The van der Waals surface area contributed by atoms with E-state index in [1.165, 1.54) is 19.3 Å². The van der Waals surface area contributed by atoms with Gasteiger partial charge in [0.2, 0.25) is 0 Å². The molecule has 0 bridgehead atoms. The summed E-state index contributed by atoms with van der Waals surface area (Å²) in [5.74, 6) is 0.565. The van der Waals surface area contributed by atoms with Gasteiger partial charge < -0.3 is 15.2 Å². The number of rotatable bonds is 6. The summed E-state index contributed by atoms with van der Waals surface area (Å²) >= 11 is 0. The van der Waals surface area contributed by atoms with Gasteiger partial charge in [0.15, 0.2) is 0 Å². The largest absolute Gasteiger partial charge is 0.392 e. The first kappa shape index (κ1) is 13.9. The molecule has 2 N–H and O–H groups in total. The summed E-state index contributed by atoms with van der Waals surface area (Å²) in [6.07, 6.45) is 5.81. The molecule has 0 spiro atoms. The molecule has 0 aromatic heterocycles. The lowest BCUT2D eigenvalue weighted by Crippen LogP contribution is -2.40. The highest BCUT2D eigenvalue weighted by atomic mass is 16.5. The Balaban J connectivity index is 2.16. The predicted molar refractivity (Wildman–Crippen MR) is 66.5 cm³/mol. The number of aliphatic hydroxyl groups excluding tert-OH is 1. The summed E-state index contributed by atoms with van der Waals surface area (Å²) in [5, 5.41) is 13.2. The predicted octanol–water partition coefficient (Wildman–Crippen LogP) is 1.94. The molecule has 3 atom stereocenters. The zero-order chi connectivity index (χ0) is 12.0. The maximum absolute atomic E-state index is 9.78. The number of methoxy groups -OCH3 is 1. The van der Waals surface area contributed by atoms with Crippen molar-refractivity contribution in [1.82, 2.24) is 5.32 Å². The molecule has 0 radical (unpaired) electrons. The summed E-state index contributed by atoms with van der Waals surface area (Å²) < 4.78 is 5.39. The lowest BCUT2D eigenvalue weighted by molar-refractivity contribution is 0.0549. The van der Waals surface area contributed by atoms with E-state index in [0.29, 0.717) is 18.1 Å². The van der Waals surface area contributed by atoms with Gasteiger partial charge in [-0.25, -0.2) is 0 Å². The Morgan fingerprint density at radius 3 is 2.75 bits per heavy atom. The van der Waals surface area contributed by atoms with E-state index in [0.717, 1.165) is 19.4 Å². The minimum absolute atomic E-state index is 0.206. The molecular weight excluding hydrogens is 202 g/mol. The second kappa shape index (κ2) is 7.25. The highest BCUT2D eigenvalue weighted by molar-refractivity contribution is 4.79. The normalized spacial score (nSPS) is 28.3. The average molecular weight is 229 g/mol. The van der Waals surface area contributed by atoms with Crippen LogP contribution in [-0.4, -0.2) is 37.0 Å². The van der Waals surface area contributed by atoms with Gasteiger partial charge in [-0.3, -0.25) is 0 Å². The van der Waals surface area contributed by atoms with Crippen LogP contribution in [0.1, 0.15) is 46.0 Å². The molecule has 3 unspecified atom stereocenters. The van der Waals surface area contributed by atoms with Crippen molar-refractivity contribution in [3.63, 3.8) is 0 Å². The van der Waals surface area contributed by atoms with Crippen LogP contribution < -0.4 is 5.32 Å². The van der Waals surface area contributed by atoms with E-state index < -0.39 is 0 Å². The van der Waals surface area contributed by atoms with E-state index in [1.807, 2.05) is 0 Å². The molecule has 96 valence electrons. The molecule has 0 saturated heterocycles. The molecule has 1 fully saturated rings. The van der Waals surface area contributed by atoms with Gasteiger partial charge in [-0.05, 0) is 38.0 Å². The third-order valence-corrected chi connectivity index (χ3v) is 3.35. The Bertz CT molecular complexity index is 185. The van der Waals surface area contributed by atoms with Crippen molar-refractivity contribution in [3.05, 3.63) is 0 Å². The van der Waals surface area contributed by atoms with Gasteiger partial charge in [0.05, 0.1) is 12.2 Å². The Labute approximate surface area is 99.6 Å². The van der Waals surface area contributed by atoms with E-state index >= 15 is 0 Å². The average Bonchev–Trinajstić information content (AvgIpc) is 2.26. The minimum atomic E-state index is -0.206. The molecule has 0 aromatic rings. The van der Waals surface area contributed by atoms with Gasteiger partial charge in [0, 0.05) is 19.7 Å². The van der Waals surface area contributed by atoms with Crippen LogP contribution in [0.5, 0.6) is 0 Å². The first-order chi connectivity index (χ1) is 7.61. The molecule has 0 amide bonds. The van der Waals surface area contributed by atoms with Gasteiger partial charge in [0.1, 0.15) is 0 Å². The number of hydrogen-bond donors (Lipinski definition) is 2. The van der Waals surface area contributed by atoms with Crippen LogP contribution >= 0.6 is 0 Å². The fraction of sp³-hybridized carbons (Fsp3) is 1.00. The van der Waals surface area contributed by atoms with Crippen LogP contribution in [0.25, 0.3) is 0 Å². The molecule has 16 heavy (non-hydrogen) atoms. The van der Waals surface area contributed by atoms with E-state index in [9.17, 15) is 5.11 Å². The van der Waals surface area contributed by atoms with Gasteiger partial charge in [-0.1, -0.05) is 13.8 Å². The van der Waals surface area contributed by atoms with Crippen molar-refractivity contribution in [2.75, 3.05) is 13.7 Å². The molecule has 0 heterocycles. The topological polar surface area (TPSA) is 41.5 Å². The number of nitrogens with one attached hydrogen (secondary N) is 1. The Morgan fingerprint density at radius 1 is 1.38 bits per heavy atom. The van der Waals surface area contributed by atoms with Crippen LogP contribution in [0.4, 0.5) is 0 Å². The molecule has 3 heteroatoms. The van der Waals surface area contributed by atoms with E-state index in [2.05, 4.69) is 19.2 Å². The Hall–Kier alpha value is -0.120. The summed E-state index contributed by atoms with van der Waals surface area (Å²) in [4.78, 5) is 0. The van der Waals surface area contributed by atoms with Gasteiger partial charge in [0.25, 0.3) is 0 Å². The lowest BCUT2D eigenvalue weighted by Gasteiger charge is -2.29. The van der Waals surface area contributed by atoms with Crippen LogP contribution in [0.2, 0.25) is 0 Å². The van der Waals surface area contributed by atoms with Crippen LogP contribution in [0, 0.1) is 5.92 Å². The fourth-order valence-corrected chi connectivity index (χ4v) is 2.47. The van der Waals surface area contributed by atoms with Gasteiger partial charge in [-0.2, -0.15) is 0 Å². The SMILES string of the molecule is COC1CCCC(NCC(O)CC(C)C)C1. The van der Waals surface area contributed by atoms with E-state index in [1.54, 1.807) is 7.11 Å². The van der Waals surface area contributed by atoms with Crippen molar-refractivity contribution in [2.24, 2.45) is 5.92 Å². The molecule has 0 aromatic carbocycles. The van der Waals surface area contributed by atoms with Crippen molar-refractivity contribution in [3.8, 4) is 0 Å². The van der Waals surface area contributed by atoms with Crippen molar-refractivity contribution < 1.29 is 9.84 Å². The monoisotopic (exact) mass is 229 g/mol. The van der Waals surface area contributed by atoms with Crippen molar-refractivity contribution in [2.45, 2.75) is 64.2 Å². The molecule has 1 aliphatic carbocycles. The highest BCUT2D eigenvalue weighted by Crippen LogP contribution is 2.20. The Kier molecular flexibility index (Phi) is 6.32. The maximum Gasteiger partial charge on any atom is 0.0667 e. The number of ether oxygens (including phenoxy) is 1. The molecule has 3 nitrogen and oxygen atoms in total. The lowest BCUT2D eigenvalue weighted by atomic mass is 9.92. The maximum atomic E-state index is 9.78. The minimum Gasteiger partial charge on any atom is -0.392 e. The number of hydrogen-bond acceptors (Lipinski definition) is 3. The zero-order valence-electron chi connectivity index (χ0n) is 10.9. The molecule has 1 saturated carbocycles. The standard InChI is InChI=1S/C13H27NO2/c1-10(2)7-12(15)9-14-11-5-4-6-13(8-11)16-3/h10-15H,4-9H2,1-3H3. The van der Waals surface area contributed by atoms with Crippen LogP contribution in [0.15, 0.2) is 0 Å². The van der Waals surface area contributed by atoms with Gasteiger partial charge >= 0.3 is 0 Å². The summed E-state index contributed by atoms with van der Waals surface area (Å²) in [5.41, 5.74) is 0. The highest BCUT2D eigenvalue weighted by Gasteiger charge is 2.21. The number of aliphatic hydroxyl groups is 1. The van der Waals surface area contributed by atoms with Crippen molar-refractivity contribution in [1.29, 1.82) is 0 Å². The fourth-order valence-electron chi connectivity index (χ4n) is 2.47. The third-order valence-electron chi connectivity index (χ3n) is 3.35. The summed E-state index contributed by atoms with van der Waals surface area (Å²) in [7, 11) is 1.79. The Morgan fingerprint density at radius 2 is 2.12 bits per heavy atom. The molecule has 1 rings (SSSR count). The zero-order valence-corrected chi connectivity index (χ0v) is 10.9. The van der Waals surface area contributed by atoms with Crippen LogP contribution in [-0.2, 0) is 4.74 Å². The second-order valence-electron chi connectivity index (χ2n) is 5.41. The quantitative estimate of drug-likeness (QED) is 0.731.